The fraction of sp³-hybridized carbons (Fsp3) is 0.357. The highest BCUT2D eigenvalue weighted by Gasteiger charge is 2.19. The number of carbonyl (C=O) groups is 1. The molecular formula is C14H16O4. The SMILES string of the molecule is CCCCOCc1oc2ccccc2c1C(=O)O. The van der Waals surface area contributed by atoms with E-state index in [1.165, 1.54) is 0 Å². The molecule has 0 unspecified atom stereocenters. The van der Waals surface area contributed by atoms with Crippen molar-refractivity contribution >= 4 is 16.9 Å². The standard InChI is InChI=1S/C14H16O4/c1-2-3-8-17-9-12-13(14(15)16)10-6-4-5-7-11(10)18-12/h4-7H,2-3,8-9H2,1H3,(H,15,16). The van der Waals surface area contributed by atoms with Gasteiger partial charge < -0.3 is 14.3 Å². The number of carboxylic acids is 1. The van der Waals surface area contributed by atoms with E-state index in [0.29, 0.717) is 23.3 Å². The van der Waals surface area contributed by atoms with Crippen LogP contribution in [-0.4, -0.2) is 17.7 Å². The second kappa shape index (κ2) is 5.69. The molecule has 2 aromatic rings. The lowest BCUT2D eigenvalue weighted by Crippen LogP contribution is -2.02. The van der Waals surface area contributed by atoms with E-state index >= 15 is 0 Å². The molecule has 0 aliphatic rings. The van der Waals surface area contributed by atoms with Gasteiger partial charge in [0.15, 0.2) is 0 Å². The summed E-state index contributed by atoms with van der Waals surface area (Å²) in [6, 6.07) is 7.13. The summed E-state index contributed by atoms with van der Waals surface area (Å²) in [6.45, 7) is 2.90. The first-order chi connectivity index (χ1) is 8.74. The lowest BCUT2D eigenvalue weighted by atomic mass is 10.1. The van der Waals surface area contributed by atoms with Gasteiger partial charge in [0, 0.05) is 12.0 Å². The van der Waals surface area contributed by atoms with E-state index < -0.39 is 5.97 Å². The highest BCUT2D eigenvalue weighted by atomic mass is 16.5. The van der Waals surface area contributed by atoms with Crippen molar-refractivity contribution in [3.05, 3.63) is 35.6 Å². The summed E-state index contributed by atoms with van der Waals surface area (Å²) < 4.78 is 11.0. The van der Waals surface area contributed by atoms with Crippen LogP contribution in [0.2, 0.25) is 0 Å². The van der Waals surface area contributed by atoms with E-state index in [2.05, 4.69) is 6.92 Å². The van der Waals surface area contributed by atoms with Crippen LogP contribution >= 0.6 is 0 Å². The van der Waals surface area contributed by atoms with Crippen molar-refractivity contribution < 1.29 is 19.1 Å². The monoisotopic (exact) mass is 248 g/mol. The van der Waals surface area contributed by atoms with E-state index in [-0.39, 0.29) is 12.2 Å². The first-order valence-electron chi connectivity index (χ1n) is 6.05. The summed E-state index contributed by atoms with van der Waals surface area (Å²) in [7, 11) is 0. The molecule has 0 aliphatic heterocycles. The number of rotatable bonds is 6. The number of hydrogen-bond acceptors (Lipinski definition) is 3. The topological polar surface area (TPSA) is 59.7 Å². The van der Waals surface area contributed by atoms with Gasteiger partial charge in [-0.3, -0.25) is 0 Å². The number of carboxylic acid groups (broad SMARTS) is 1. The molecule has 1 heterocycles. The predicted octanol–water partition coefficient (Wildman–Crippen LogP) is 3.45. The Kier molecular flexibility index (Phi) is 3.99. The van der Waals surface area contributed by atoms with Crippen molar-refractivity contribution in [1.82, 2.24) is 0 Å². The molecule has 0 saturated heterocycles. The Morgan fingerprint density at radius 3 is 2.89 bits per heavy atom. The second-order valence-electron chi connectivity index (χ2n) is 4.11. The third-order valence-electron chi connectivity index (χ3n) is 2.76. The largest absolute Gasteiger partial charge is 0.478 e. The predicted molar refractivity (Wildman–Crippen MR) is 67.7 cm³/mol. The van der Waals surface area contributed by atoms with Crippen LogP contribution in [0.15, 0.2) is 28.7 Å². The highest BCUT2D eigenvalue weighted by molar-refractivity contribution is 6.03. The van der Waals surface area contributed by atoms with Crippen molar-refractivity contribution in [2.75, 3.05) is 6.61 Å². The van der Waals surface area contributed by atoms with E-state index in [0.717, 1.165) is 12.8 Å². The van der Waals surface area contributed by atoms with Crippen molar-refractivity contribution in [3.63, 3.8) is 0 Å². The summed E-state index contributed by atoms with van der Waals surface area (Å²) in [5, 5.41) is 9.86. The van der Waals surface area contributed by atoms with Crippen molar-refractivity contribution in [3.8, 4) is 0 Å². The average Bonchev–Trinajstić information content (AvgIpc) is 2.73. The number of aromatic carboxylic acids is 1. The molecule has 0 fully saturated rings. The van der Waals surface area contributed by atoms with Crippen LogP contribution in [0.1, 0.15) is 35.9 Å². The van der Waals surface area contributed by atoms with E-state index in [9.17, 15) is 9.90 Å². The summed E-state index contributed by atoms with van der Waals surface area (Å²) in [5.41, 5.74) is 0.797. The van der Waals surface area contributed by atoms with Gasteiger partial charge in [0.1, 0.15) is 23.5 Å². The zero-order valence-electron chi connectivity index (χ0n) is 10.3. The third-order valence-corrected chi connectivity index (χ3v) is 2.76. The Labute approximate surface area is 105 Å². The quantitative estimate of drug-likeness (QED) is 0.795. The van der Waals surface area contributed by atoms with Gasteiger partial charge in [-0.15, -0.1) is 0 Å². The van der Waals surface area contributed by atoms with Gasteiger partial charge in [0.2, 0.25) is 0 Å². The van der Waals surface area contributed by atoms with Crippen LogP contribution < -0.4 is 0 Å². The summed E-state index contributed by atoms with van der Waals surface area (Å²) in [6.07, 6.45) is 2.01. The van der Waals surface area contributed by atoms with Crippen LogP contribution in [0.25, 0.3) is 11.0 Å². The van der Waals surface area contributed by atoms with Crippen molar-refractivity contribution in [2.24, 2.45) is 0 Å². The molecule has 0 atom stereocenters. The summed E-state index contributed by atoms with van der Waals surface area (Å²) >= 11 is 0. The Morgan fingerprint density at radius 2 is 2.17 bits per heavy atom. The van der Waals surface area contributed by atoms with Gasteiger partial charge in [0.05, 0.1) is 0 Å². The number of para-hydroxylation sites is 1. The van der Waals surface area contributed by atoms with Crippen LogP contribution in [0, 0.1) is 0 Å². The fourth-order valence-corrected chi connectivity index (χ4v) is 1.84. The smallest absolute Gasteiger partial charge is 0.340 e. The van der Waals surface area contributed by atoms with Crippen LogP contribution in [0.5, 0.6) is 0 Å². The number of benzene rings is 1. The summed E-state index contributed by atoms with van der Waals surface area (Å²) in [4.78, 5) is 11.3. The first kappa shape index (κ1) is 12.6. The number of fused-ring (bicyclic) bond motifs is 1. The molecule has 0 aliphatic carbocycles. The molecule has 0 bridgehead atoms. The van der Waals surface area contributed by atoms with Gasteiger partial charge in [0.25, 0.3) is 0 Å². The maximum absolute atomic E-state index is 11.3. The molecule has 0 radical (unpaired) electrons. The Balaban J connectivity index is 2.25. The van der Waals surface area contributed by atoms with E-state index in [1.54, 1.807) is 18.2 Å². The minimum atomic E-state index is -0.978. The van der Waals surface area contributed by atoms with Crippen LogP contribution in [0.3, 0.4) is 0 Å². The lowest BCUT2D eigenvalue weighted by Gasteiger charge is -2.01. The van der Waals surface area contributed by atoms with Gasteiger partial charge in [-0.25, -0.2) is 4.79 Å². The molecule has 0 amide bonds. The first-order valence-corrected chi connectivity index (χ1v) is 6.05. The molecule has 0 spiro atoms. The molecule has 0 saturated carbocycles. The molecule has 18 heavy (non-hydrogen) atoms. The molecule has 1 N–H and O–H groups in total. The van der Waals surface area contributed by atoms with Gasteiger partial charge in [-0.05, 0) is 12.5 Å². The molecule has 1 aromatic heterocycles. The van der Waals surface area contributed by atoms with Gasteiger partial charge in [-0.1, -0.05) is 31.5 Å². The third kappa shape index (κ3) is 2.54. The summed E-state index contributed by atoms with van der Waals surface area (Å²) in [5.74, 6) is -0.589. The maximum Gasteiger partial charge on any atom is 0.340 e. The van der Waals surface area contributed by atoms with Crippen LogP contribution in [0.4, 0.5) is 0 Å². The Morgan fingerprint density at radius 1 is 1.39 bits per heavy atom. The lowest BCUT2D eigenvalue weighted by molar-refractivity contribution is 0.0680. The highest BCUT2D eigenvalue weighted by Crippen LogP contribution is 2.26. The molecule has 4 heteroatoms. The normalized spacial score (nSPS) is 10.9. The number of hydrogen-bond donors (Lipinski definition) is 1. The minimum absolute atomic E-state index is 0.205. The molecule has 4 nitrogen and oxygen atoms in total. The zero-order valence-corrected chi connectivity index (χ0v) is 10.3. The molecule has 2 rings (SSSR count). The average molecular weight is 248 g/mol. The van der Waals surface area contributed by atoms with Crippen molar-refractivity contribution in [2.45, 2.75) is 26.4 Å². The van der Waals surface area contributed by atoms with E-state index in [4.69, 9.17) is 9.15 Å². The van der Waals surface area contributed by atoms with Gasteiger partial charge >= 0.3 is 5.97 Å². The number of ether oxygens (including phenoxy) is 1. The molecule has 1 aromatic carbocycles. The minimum Gasteiger partial charge on any atom is -0.478 e. The maximum atomic E-state index is 11.3. The molecular weight excluding hydrogens is 232 g/mol. The fourth-order valence-electron chi connectivity index (χ4n) is 1.84. The molecule has 96 valence electrons. The number of unbranched alkanes of at least 4 members (excludes halogenated alkanes) is 1. The number of furan rings is 1. The Hall–Kier alpha value is -1.81. The van der Waals surface area contributed by atoms with Crippen molar-refractivity contribution in [1.29, 1.82) is 0 Å². The van der Waals surface area contributed by atoms with Crippen LogP contribution in [-0.2, 0) is 11.3 Å². The Bertz CT molecular complexity index is 542. The van der Waals surface area contributed by atoms with Gasteiger partial charge in [-0.2, -0.15) is 0 Å². The van der Waals surface area contributed by atoms with E-state index in [1.807, 2.05) is 6.07 Å². The second-order valence-corrected chi connectivity index (χ2v) is 4.11. The zero-order chi connectivity index (χ0) is 13.0.